The average molecular weight is 339 g/mol. The Balaban J connectivity index is 2.70. The number of aromatic nitrogens is 2. The molecule has 0 bridgehead atoms. The van der Waals surface area contributed by atoms with Gasteiger partial charge in [0.15, 0.2) is 5.82 Å². The number of hydrogen-bond donors (Lipinski definition) is 0. The lowest BCUT2D eigenvalue weighted by Crippen LogP contribution is -2.09. The SMILES string of the molecule is CCc1c(Cl)nc(-c2cc(F)ccc2C(F)(F)F)nc1Cl. The van der Waals surface area contributed by atoms with E-state index in [1.807, 2.05) is 0 Å². The Bertz CT molecular complexity index is 663. The third-order valence-corrected chi connectivity index (χ3v) is 3.41. The van der Waals surface area contributed by atoms with E-state index in [0.29, 0.717) is 24.1 Å². The van der Waals surface area contributed by atoms with Crippen LogP contribution in [0.15, 0.2) is 18.2 Å². The normalized spacial score (nSPS) is 11.8. The summed E-state index contributed by atoms with van der Waals surface area (Å²) in [6, 6.07) is 2.05. The van der Waals surface area contributed by atoms with Crippen LogP contribution in [0.25, 0.3) is 11.4 Å². The molecule has 2 rings (SSSR count). The van der Waals surface area contributed by atoms with Crippen LogP contribution in [0.2, 0.25) is 10.3 Å². The number of hydrogen-bond acceptors (Lipinski definition) is 2. The van der Waals surface area contributed by atoms with Gasteiger partial charge < -0.3 is 0 Å². The molecule has 2 aromatic rings. The van der Waals surface area contributed by atoms with Crippen molar-refractivity contribution in [2.24, 2.45) is 0 Å². The van der Waals surface area contributed by atoms with Crippen molar-refractivity contribution in [1.29, 1.82) is 0 Å². The fraction of sp³-hybridized carbons (Fsp3) is 0.231. The van der Waals surface area contributed by atoms with Gasteiger partial charge in [0.05, 0.1) is 5.56 Å². The van der Waals surface area contributed by atoms with E-state index in [4.69, 9.17) is 23.2 Å². The van der Waals surface area contributed by atoms with Crippen molar-refractivity contribution in [3.63, 3.8) is 0 Å². The van der Waals surface area contributed by atoms with Gasteiger partial charge in [-0.25, -0.2) is 14.4 Å². The molecule has 1 aromatic carbocycles. The minimum absolute atomic E-state index is 0.0510. The first-order valence-corrected chi connectivity index (χ1v) is 6.58. The van der Waals surface area contributed by atoms with Crippen LogP contribution >= 0.6 is 23.2 Å². The maximum atomic E-state index is 13.3. The van der Waals surface area contributed by atoms with E-state index in [-0.39, 0.29) is 16.1 Å². The van der Waals surface area contributed by atoms with Gasteiger partial charge in [-0.05, 0) is 24.6 Å². The van der Waals surface area contributed by atoms with E-state index < -0.39 is 23.1 Å². The van der Waals surface area contributed by atoms with Gasteiger partial charge in [-0.2, -0.15) is 13.2 Å². The Kier molecular flexibility index (Phi) is 4.39. The van der Waals surface area contributed by atoms with E-state index in [1.54, 1.807) is 6.92 Å². The molecular weight excluding hydrogens is 331 g/mol. The molecule has 0 saturated heterocycles. The molecule has 0 atom stereocenters. The Labute approximate surface area is 127 Å². The third kappa shape index (κ3) is 3.27. The molecule has 112 valence electrons. The molecule has 1 heterocycles. The summed E-state index contributed by atoms with van der Waals surface area (Å²) in [5.74, 6) is -1.21. The Morgan fingerprint density at radius 2 is 1.67 bits per heavy atom. The van der Waals surface area contributed by atoms with Gasteiger partial charge in [0.25, 0.3) is 0 Å². The van der Waals surface area contributed by atoms with Crippen LogP contribution < -0.4 is 0 Å². The Morgan fingerprint density at radius 1 is 1.10 bits per heavy atom. The molecule has 0 unspecified atom stereocenters. The van der Waals surface area contributed by atoms with Crippen molar-refractivity contribution in [2.75, 3.05) is 0 Å². The molecule has 0 fully saturated rings. The third-order valence-electron chi connectivity index (χ3n) is 2.79. The number of halogens is 6. The molecule has 0 aliphatic rings. The van der Waals surface area contributed by atoms with Crippen molar-refractivity contribution < 1.29 is 17.6 Å². The highest BCUT2D eigenvalue weighted by Gasteiger charge is 2.34. The highest BCUT2D eigenvalue weighted by molar-refractivity contribution is 6.34. The molecular formula is C13H8Cl2F4N2. The van der Waals surface area contributed by atoms with Crippen molar-refractivity contribution in [1.82, 2.24) is 9.97 Å². The van der Waals surface area contributed by atoms with Crippen LogP contribution in [0.4, 0.5) is 17.6 Å². The molecule has 1 aromatic heterocycles. The van der Waals surface area contributed by atoms with E-state index in [0.717, 1.165) is 6.07 Å². The lowest BCUT2D eigenvalue weighted by atomic mass is 10.1. The summed E-state index contributed by atoms with van der Waals surface area (Å²) in [5.41, 5.74) is -1.14. The molecule has 0 radical (unpaired) electrons. The number of alkyl halides is 3. The van der Waals surface area contributed by atoms with E-state index in [2.05, 4.69) is 9.97 Å². The minimum atomic E-state index is -4.67. The van der Waals surface area contributed by atoms with Crippen LogP contribution in [-0.2, 0) is 12.6 Å². The summed E-state index contributed by atoms with van der Waals surface area (Å²) in [7, 11) is 0. The molecule has 0 aliphatic carbocycles. The van der Waals surface area contributed by atoms with Crippen LogP contribution in [0.3, 0.4) is 0 Å². The van der Waals surface area contributed by atoms with E-state index in [1.165, 1.54) is 0 Å². The fourth-order valence-corrected chi connectivity index (χ4v) is 2.45. The monoisotopic (exact) mass is 338 g/mol. The Hall–Kier alpha value is -1.40. The average Bonchev–Trinajstić information content (AvgIpc) is 2.36. The zero-order valence-electron chi connectivity index (χ0n) is 10.6. The first kappa shape index (κ1) is 16.0. The largest absolute Gasteiger partial charge is 0.417 e. The summed E-state index contributed by atoms with van der Waals surface area (Å²) in [6.45, 7) is 1.75. The zero-order chi connectivity index (χ0) is 15.8. The summed E-state index contributed by atoms with van der Waals surface area (Å²) < 4.78 is 52.2. The second kappa shape index (κ2) is 5.77. The number of nitrogens with zero attached hydrogens (tertiary/aromatic N) is 2. The van der Waals surface area contributed by atoms with E-state index in [9.17, 15) is 17.6 Å². The molecule has 0 amide bonds. The van der Waals surface area contributed by atoms with Crippen molar-refractivity contribution in [2.45, 2.75) is 19.5 Å². The number of rotatable bonds is 2. The molecule has 0 N–H and O–H groups in total. The molecule has 0 aliphatic heterocycles. The van der Waals surface area contributed by atoms with Crippen LogP contribution in [0.1, 0.15) is 18.1 Å². The van der Waals surface area contributed by atoms with Gasteiger partial charge in [0.2, 0.25) is 0 Å². The highest BCUT2D eigenvalue weighted by atomic mass is 35.5. The first-order chi connectivity index (χ1) is 9.74. The van der Waals surface area contributed by atoms with Gasteiger partial charge >= 0.3 is 6.18 Å². The standard InChI is InChI=1S/C13H8Cl2F4N2/c1-2-7-10(14)20-12(21-11(7)15)8-5-6(16)3-4-9(8)13(17,18)19/h3-5H,2H2,1H3. The summed E-state index contributed by atoms with van der Waals surface area (Å²) in [5, 5.41) is -0.102. The summed E-state index contributed by atoms with van der Waals surface area (Å²) in [6.07, 6.45) is -4.25. The molecule has 0 saturated carbocycles. The predicted molar refractivity (Wildman–Crippen MR) is 71.8 cm³/mol. The maximum absolute atomic E-state index is 13.3. The summed E-state index contributed by atoms with van der Waals surface area (Å²) in [4.78, 5) is 7.59. The predicted octanol–water partition coefficient (Wildman–Crippen LogP) is 5.17. The van der Waals surface area contributed by atoms with Crippen LogP contribution in [0.5, 0.6) is 0 Å². The van der Waals surface area contributed by atoms with Crippen molar-refractivity contribution >= 4 is 23.2 Å². The topological polar surface area (TPSA) is 25.8 Å². The summed E-state index contributed by atoms with van der Waals surface area (Å²) >= 11 is 11.8. The second-order valence-corrected chi connectivity index (χ2v) is 4.86. The quantitative estimate of drug-likeness (QED) is 0.557. The van der Waals surface area contributed by atoms with Crippen LogP contribution in [-0.4, -0.2) is 9.97 Å². The van der Waals surface area contributed by atoms with E-state index >= 15 is 0 Å². The van der Waals surface area contributed by atoms with Crippen LogP contribution in [0, 0.1) is 5.82 Å². The zero-order valence-corrected chi connectivity index (χ0v) is 12.1. The van der Waals surface area contributed by atoms with Crippen molar-refractivity contribution in [3.8, 4) is 11.4 Å². The highest BCUT2D eigenvalue weighted by Crippen LogP contribution is 2.37. The van der Waals surface area contributed by atoms with Gasteiger partial charge in [0.1, 0.15) is 16.1 Å². The van der Waals surface area contributed by atoms with Crippen molar-refractivity contribution in [3.05, 3.63) is 45.4 Å². The lowest BCUT2D eigenvalue weighted by molar-refractivity contribution is -0.137. The second-order valence-electron chi connectivity index (χ2n) is 4.15. The molecule has 2 nitrogen and oxygen atoms in total. The van der Waals surface area contributed by atoms with Gasteiger partial charge in [-0.3, -0.25) is 0 Å². The maximum Gasteiger partial charge on any atom is 0.417 e. The Morgan fingerprint density at radius 3 is 2.14 bits per heavy atom. The smallest absolute Gasteiger partial charge is 0.216 e. The lowest BCUT2D eigenvalue weighted by Gasteiger charge is -2.13. The van der Waals surface area contributed by atoms with Gasteiger partial charge in [-0.15, -0.1) is 0 Å². The molecule has 0 spiro atoms. The number of benzene rings is 1. The first-order valence-electron chi connectivity index (χ1n) is 5.83. The van der Waals surface area contributed by atoms with Gasteiger partial charge in [0, 0.05) is 11.1 Å². The minimum Gasteiger partial charge on any atom is -0.216 e. The fourth-order valence-electron chi connectivity index (χ4n) is 1.79. The van der Waals surface area contributed by atoms with Gasteiger partial charge in [-0.1, -0.05) is 30.1 Å². The molecule has 21 heavy (non-hydrogen) atoms. The molecule has 8 heteroatoms.